The number of benzene rings is 2. The van der Waals surface area contributed by atoms with E-state index in [4.69, 9.17) is 0 Å². The average Bonchev–Trinajstić information content (AvgIpc) is 2.67. The van der Waals surface area contributed by atoms with Gasteiger partial charge in [0.15, 0.2) is 0 Å². The summed E-state index contributed by atoms with van der Waals surface area (Å²) in [6, 6.07) is 19.4. The van der Waals surface area contributed by atoms with E-state index in [1.54, 1.807) is 23.6 Å². The maximum atomic E-state index is 13.4. The molecule has 0 atom stereocenters. The van der Waals surface area contributed by atoms with Crippen molar-refractivity contribution in [3.63, 3.8) is 0 Å². The fourth-order valence-electron chi connectivity index (χ4n) is 3.11. The third-order valence-electron chi connectivity index (χ3n) is 4.78. The second kappa shape index (κ2) is 8.85. The number of nitrogens with zero attached hydrogens (tertiary/aromatic N) is 2. The maximum Gasteiger partial charge on any atom is 0.242 e. The number of rotatable bonds is 7. The Labute approximate surface area is 162 Å². The highest BCUT2D eigenvalue weighted by Crippen LogP contribution is 2.27. The summed E-state index contributed by atoms with van der Waals surface area (Å²) in [7, 11) is 0. The van der Waals surface area contributed by atoms with Gasteiger partial charge in [-0.05, 0) is 52.3 Å². The summed E-state index contributed by atoms with van der Waals surface area (Å²) in [4.78, 5) is 30.1. The molecule has 0 fully saturated rings. The van der Waals surface area contributed by atoms with Crippen LogP contribution in [0.15, 0.2) is 60.7 Å². The van der Waals surface area contributed by atoms with Crippen LogP contribution in [-0.2, 0) is 16.1 Å². The quantitative estimate of drug-likeness (QED) is 0.677. The Hall–Kier alpha value is -2.62. The van der Waals surface area contributed by atoms with E-state index in [0.29, 0.717) is 13.1 Å². The molecular weight excluding hydrogens is 336 g/mol. The van der Waals surface area contributed by atoms with Gasteiger partial charge in [-0.3, -0.25) is 9.59 Å². The summed E-state index contributed by atoms with van der Waals surface area (Å²) in [5, 5.41) is 0. The third kappa shape index (κ3) is 4.76. The van der Waals surface area contributed by atoms with Crippen LogP contribution in [-0.4, -0.2) is 29.3 Å². The standard InChI is InChI=1S/C23H30N2O2/c1-6-24(20-15-11-8-12-16-20)21(26)23(4,5)22(27)25(18(2)3)17-19-13-9-7-10-14-19/h7-16,18H,6,17H2,1-5H3. The Morgan fingerprint density at radius 3 is 1.89 bits per heavy atom. The predicted molar refractivity (Wildman–Crippen MR) is 110 cm³/mol. The normalized spacial score (nSPS) is 11.3. The zero-order valence-electron chi connectivity index (χ0n) is 17.0. The van der Waals surface area contributed by atoms with Gasteiger partial charge in [0.2, 0.25) is 11.8 Å². The lowest BCUT2D eigenvalue weighted by atomic mass is 9.88. The molecule has 4 heteroatoms. The largest absolute Gasteiger partial charge is 0.335 e. The van der Waals surface area contributed by atoms with Gasteiger partial charge in [0.05, 0.1) is 0 Å². The van der Waals surface area contributed by atoms with Gasteiger partial charge in [-0.1, -0.05) is 48.5 Å². The van der Waals surface area contributed by atoms with Gasteiger partial charge in [0.25, 0.3) is 0 Å². The number of carbonyl (C=O) groups excluding carboxylic acids is 2. The number of amides is 2. The Balaban J connectivity index is 2.28. The Kier molecular flexibility index (Phi) is 6.78. The van der Waals surface area contributed by atoms with Crippen molar-refractivity contribution < 1.29 is 9.59 Å². The van der Waals surface area contributed by atoms with Crippen LogP contribution in [0.3, 0.4) is 0 Å². The Morgan fingerprint density at radius 2 is 1.41 bits per heavy atom. The lowest BCUT2D eigenvalue weighted by Gasteiger charge is -2.36. The molecule has 0 aliphatic heterocycles. The van der Waals surface area contributed by atoms with E-state index in [0.717, 1.165) is 11.3 Å². The molecule has 0 heterocycles. The van der Waals surface area contributed by atoms with Crippen LogP contribution in [0.2, 0.25) is 0 Å². The molecule has 2 aromatic rings. The van der Waals surface area contributed by atoms with Crippen molar-refractivity contribution in [1.29, 1.82) is 0 Å². The van der Waals surface area contributed by atoms with Crippen LogP contribution in [0.1, 0.15) is 40.2 Å². The monoisotopic (exact) mass is 366 g/mol. The summed E-state index contributed by atoms with van der Waals surface area (Å²) in [6.07, 6.45) is 0. The fourth-order valence-corrected chi connectivity index (χ4v) is 3.11. The third-order valence-corrected chi connectivity index (χ3v) is 4.78. The SMILES string of the molecule is CCN(C(=O)C(C)(C)C(=O)N(Cc1ccccc1)C(C)C)c1ccccc1. The second-order valence-electron chi connectivity index (χ2n) is 7.52. The minimum atomic E-state index is -1.15. The van der Waals surface area contributed by atoms with E-state index in [1.165, 1.54) is 0 Å². The molecule has 0 saturated heterocycles. The van der Waals surface area contributed by atoms with E-state index >= 15 is 0 Å². The van der Waals surface area contributed by atoms with Crippen molar-refractivity contribution in [2.45, 2.75) is 47.2 Å². The van der Waals surface area contributed by atoms with Crippen LogP contribution >= 0.6 is 0 Å². The molecule has 0 aromatic heterocycles. The summed E-state index contributed by atoms with van der Waals surface area (Å²) >= 11 is 0. The molecule has 0 aliphatic rings. The topological polar surface area (TPSA) is 40.6 Å². The molecule has 0 bridgehead atoms. The smallest absolute Gasteiger partial charge is 0.242 e. The molecule has 0 aliphatic carbocycles. The van der Waals surface area contributed by atoms with E-state index in [2.05, 4.69) is 0 Å². The Bertz CT molecular complexity index is 754. The molecule has 2 aromatic carbocycles. The molecule has 2 amide bonds. The van der Waals surface area contributed by atoms with Crippen LogP contribution in [0.4, 0.5) is 5.69 Å². The molecule has 0 N–H and O–H groups in total. The van der Waals surface area contributed by atoms with Gasteiger partial charge in [0, 0.05) is 24.8 Å². The molecule has 2 rings (SSSR count). The summed E-state index contributed by atoms with van der Waals surface area (Å²) in [6.45, 7) is 10.3. The fraction of sp³-hybridized carbons (Fsp3) is 0.391. The summed E-state index contributed by atoms with van der Waals surface area (Å²) in [5.41, 5.74) is 0.716. The second-order valence-corrected chi connectivity index (χ2v) is 7.52. The van der Waals surface area contributed by atoms with Crippen molar-refractivity contribution >= 4 is 17.5 Å². The molecule has 4 nitrogen and oxygen atoms in total. The predicted octanol–water partition coefficient (Wildman–Crippen LogP) is 4.50. The van der Waals surface area contributed by atoms with Crippen LogP contribution < -0.4 is 4.90 Å². The highest BCUT2D eigenvalue weighted by molar-refractivity contribution is 6.11. The zero-order chi connectivity index (χ0) is 20.0. The minimum Gasteiger partial charge on any atom is -0.335 e. The number of hydrogen-bond acceptors (Lipinski definition) is 2. The maximum absolute atomic E-state index is 13.4. The minimum absolute atomic E-state index is 0.00316. The zero-order valence-corrected chi connectivity index (χ0v) is 17.0. The molecule has 0 saturated carbocycles. The molecule has 0 unspecified atom stereocenters. The van der Waals surface area contributed by atoms with E-state index < -0.39 is 5.41 Å². The lowest BCUT2D eigenvalue weighted by Crippen LogP contribution is -2.52. The van der Waals surface area contributed by atoms with Crippen molar-refractivity contribution in [2.24, 2.45) is 5.41 Å². The number of anilines is 1. The van der Waals surface area contributed by atoms with Crippen molar-refractivity contribution in [1.82, 2.24) is 4.90 Å². The number of para-hydroxylation sites is 1. The first-order valence-corrected chi connectivity index (χ1v) is 9.51. The van der Waals surface area contributed by atoms with Gasteiger partial charge < -0.3 is 9.80 Å². The first kappa shape index (κ1) is 20.7. The van der Waals surface area contributed by atoms with E-state index in [9.17, 15) is 9.59 Å². The summed E-state index contributed by atoms with van der Waals surface area (Å²) < 4.78 is 0. The van der Waals surface area contributed by atoms with Gasteiger partial charge in [0.1, 0.15) is 5.41 Å². The highest BCUT2D eigenvalue weighted by Gasteiger charge is 2.42. The highest BCUT2D eigenvalue weighted by atomic mass is 16.2. The lowest BCUT2D eigenvalue weighted by molar-refractivity contribution is -0.149. The van der Waals surface area contributed by atoms with Gasteiger partial charge in [-0.2, -0.15) is 0 Å². The first-order valence-electron chi connectivity index (χ1n) is 9.51. The molecule has 0 radical (unpaired) electrons. The Morgan fingerprint density at radius 1 is 0.889 bits per heavy atom. The van der Waals surface area contributed by atoms with E-state index in [-0.39, 0.29) is 17.9 Å². The number of hydrogen-bond donors (Lipinski definition) is 0. The van der Waals surface area contributed by atoms with Crippen LogP contribution in [0.25, 0.3) is 0 Å². The average molecular weight is 367 g/mol. The molecular formula is C23H30N2O2. The van der Waals surface area contributed by atoms with Gasteiger partial charge in [-0.25, -0.2) is 0 Å². The van der Waals surface area contributed by atoms with Crippen molar-refractivity contribution in [3.8, 4) is 0 Å². The summed E-state index contributed by atoms with van der Waals surface area (Å²) in [5.74, 6) is -0.333. The molecule has 144 valence electrons. The van der Waals surface area contributed by atoms with Crippen molar-refractivity contribution in [2.75, 3.05) is 11.4 Å². The van der Waals surface area contributed by atoms with Crippen molar-refractivity contribution in [3.05, 3.63) is 66.2 Å². The van der Waals surface area contributed by atoms with E-state index in [1.807, 2.05) is 81.4 Å². The molecule has 27 heavy (non-hydrogen) atoms. The van der Waals surface area contributed by atoms with Gasteiger partial charge in [-0.15, -0.1) is 0 Å². The molecule has 0 spiro atoms. The first-order chi connectivity index (χ1) is 12.8. The van der Waals surface area contributed by atoms with Crippen LogP contribution in [0, 0.1) is 5.41 Å². The van der Waals surface area contributed by atoms with Crippen LogP contribution in [0.5, 0.6) is 0 Å². The number of carbonyl (C=O) groups is 2. The van der Waals surface area contributed by atoms with Gasteiger partial charge >= 0.3 is 0 Å².